The fourth-order valence-corrected chi connectivity index (χ4v) is 3.19. The number of nitro groups is 1. The molecule has 0 saturated carbocycles. The molecule has 0 aliphatic carbocycles. The summed E-state index contributed by atoms with van der Waals surface area (Å²) in [5.74, 6) is 0. The molecular weight excluding hydrogens is 303 g/mol. The molecule has 1 saturated heterocycles. The van der Waals surface area contributed by atoms with E-state index in [1.807, 2.05) is 11.8 Å². The maximum atomic E-state index is 10.8. The van der Waals surface area contributed by atoms with Crippen molar-refractivity contribution >= 4 is 34.6 Å². The zero-order valence-corrected chi connectivity index (χ0v) is 12.7. The predicted molar refractivity (Wildman–Crippen MR) is 80.0 cm³/mol. The van der Waals surface area contributed by atoms with E-state index in [0.29, 0.717) is 28.9 Å². The van der Waals surface area contributed by atoms with Gasteiger partial charge in [-0.1, -0.05) is 23.2 Å². The van der Waals surface area contributed by atoms with Crippen LogP contribution in [0.15, 0.2) is 12.1 Å². The van der Waals surface area contributed by atoms with E-state index >= 15 is 0 Å². The van der Waals surface area contributed by atoms with Gasteiger partial charge in [-0.2, -0.15) is 0 Å². The molecule has 0 aromatic heterocycles. The Morgan fingerprint density at radius 3 is 2.65 bits per heavy atom. The SMILES string of the molecule is CCOC1CCCN(c2c(Cl)cc([N+](=O)[O-])cc2Cl)C1. The molecule has 1 heterocycles. The first-order valence-corrected chi connectivity index (χ1v) is 7.28. The van der Waals surface area contributed by atoms with E-state index in [2.05, 4.69) is 0 Å². The fraction of sp³-hybridized carbons (Fsp3) is 0.538. The average molecular weight is 319 g/mol. The quantitative estimate of drug-likeness (QED) is 0.624. The van der Waals surface area contributed by atoms with Crippen LogP contribution in [0.4, 0.5) is 11.4 Å². The summed E-state index contributed by atoms with van der Waals surface area (Å²) in [6.07, 6.45) is 2.14. The summed E-state index contributed by atoms with van der Waals surface area (Å²) in [5, 5.41) is 11.4. The minimum atomic E-state index is -0.499. The van der Waals surface area contributed by atoms with Gasteiger partial charge in [0.15, 0.2) is 0 Å². The minimum Gasteiger partial charge on any atom is -0.377 e. The fourth-order valence-electron chi connectivity index (χ4n) is 2.47. The first-order chi connectivity index (χ1) is 9.52. The van der Waals surface area contributed by atoms with Crippen molar-refractivity contribution in [2.24, 2.45) is 0 Å². The molecule has 1 aliphatic rings. The van der Waals surface area contributed by atoms with Crippen LogP contribution in [-0.4, -0.2) is 30.7 Å². The second kappa shape index (κ2) is 6.61. The van der Waals surface area contributed by atoms with E-state index < -0.39 is 4.92 Å². The molecular formula is C13H16Cl2N2O3. The zero-order valence-electron chi connectivity index (χ0n) is 11.1. The molecule has 1 aromatic rings. The van der Waals surface area contributed by atoms with Gasteiger partial charge < -0.3 is 9.64 Å². The van der Waals surface area contributed by atoms with Gasteiger partial charge in [-0.05, 0) is 19.8 Å². The van der Waals surface area contributed by atoms with Crippen LogP contribution in [0, 0.1) is 10.1 Å². The molecule has 5 nitrogen and oxygen atoms in total. The lowest BCUT2D eigenvalue weighted by Crippen LogP contribution is -2.40. The predicted octanol–water partition coefficient (Wildman–Crippen LogP) is 3.91. The van der Waals surface area contributed by atoms with Gasteiger partial charge in [0.1, 0.15) is 0 Å². The molecule has 1 atom stereocenters. The van der Waals surface area contributed by atoms with Crippen molar-refractivity contribution in [3.05, 3.63) is 32.3 Å². The zero-order chi connectivity index (χ0) is 14.7. The summed E-state index contributed by atoms with van der Waals surface area (Å²) in [5.41, 5.74) is 0.561. The molecule has 20 heavy (non-hydrogen) atoms. The molecule has 1 aliphatic heterocycles. The second-order valence-corrected chi connectivity index (χ2v) is 5.50. The summed E-state index contributed by atoms with van der Waals surface area (Å²) in [4.78, 5) is 12.3. The van der Waals surface area contributed by atoms with Crippen LogP contribution in [0.5, 0.6) is 0 Å². The van der Waals surface area contributed by atoms with Gasteiger partial charge in [0.25, 0.3) is 5.69 Å². The smallest absolute Gasteiger partial charge is 0.272 e. The van der Waals surface area contributed by atoms with Crippen molar-refractivity contribution in [2.75, 3.05) is 24.6 Å². The van der Waals surface area contributed by atoms with Crippen LogP contribution in [0.25, 0.3) is 0 Å². The molecule has 1 fully saturated rings. The van der Waals surface area contributed by atoms with E-state index in [-0.39, 0.29) is 11.8 Å². The monoisotopic (exact) mass is 318 g/mol. The Labute approximate surface area is 127 Å². The van der Waals surface area contributed by atoms with Crippen LogP contribution in [0.2, 0.25) is 10.0 Å². The summed E-state index contributed by atoms with van der Waals surface area (Å²) in [7, 11) is 0. The number of anilines is 1. The lowest BCUT2D eigenvalue weighted by molar-refractivity contribution is -0.384. The second-order valence-electron chi connectivity index (χ2n) is 4.68. The van der Waals surface area contributed by atoms with E-state index in [1.165, 1.54) is 12.1 Å². The summed E-state index contributed by atoms with van der Waals surface area (Å²) < 4.78 is 5.64. The van der Waals surface area contributed by atoms with Crippen molar-refractivity contribution in [1.82, 2.24) is 0 Å². The van der Waals surface area contributed by atoms with Gasteiger partial charge in [0.2, 0.25) is 0 Å². The Bertz CT molecular complexity index is 485. The molecule has 7 heteroatoms. The molecule has 2 rings (SSSR count). The number of nitro benzene ring substituents is 1. The number of nitrogens with zero attached hydrogens (tertiary/aromatic N) is 2. The molecule has 0 bridgehead atoms. The van der Waals surface area contributed by atoms with Crippen molar-refractivity contribution in [3.8, 4) is 0 Å². The van der Waals surface area contributed by atoms with Gasteiger partial charge in [-0.15, -0.1) is 0 Å². The van der Waals surface area contributed by atoms with Gasteiger partial charge in [-0.25, -0.2) is 0 Å². The first-order valence-electron chi connectivity index (χ1n) is 6.53. The number of benzene rings is 1. The lowest BCUT2D eigenvalue weighted by atomic mass is 10.1. The van der Waals surface area contributed by atoms with Gasteiger partial charge >= 0.3 is 0 Å². The molecule has 0 N–H and O–H groups in total. The van der Waals surface area contributed by atoms with Gasteiger partial charge in [0, 0.05) is 31.8 Å². The van der Waals surface area contributed by atoms with Crippen LogP contribution >= 0.6 is 23.2 Å². The van der Waals surface area contributed by atoms with E-state index in [1.54, 1.807) is 0 Å². The van der Waals surface area contributed by atoms with Crippen LogP contribution in [0.3, 0.4) is 0 Å². The normalized spacial score (nSPS) is 19.1. The van der Waals surface area contributed by atoms with E-state index in [4.69, 9.17) is 27.9 Å². The van der Waals surface area contributed by atoms with Gasteiger partial charge in [-0.3, -0.25) is 10.1 Å². The van der Waals surface area contributed by atoms with Crippen LogP contribution in [0.1, 0.15) is 19.8 Å². The molecule has 1 aromatic carbocycles. The third-order valence-corrected chi connectivity index (χ3v) is 3.89. The first kappa shape index (κ1) is 15.4. The molecule has 0 amide bonds. The summed E-state index contributed by atoms with van der Waals surface area (Å²) in [6, 6.07) is 2.68. The topological polar surface area (TPSA) is 55.6 Å². The minimum absolute atomic E-state index is 0.0953. The van der Waals surface area contributed by atoms with E-state index in [9.17, 15) is 10.1 Å². The third-order valence-electron chi connectivity index (χ3n) is 3.31. The Morgan fingerprint density at radius 2 is 2.10 bits per heavy atom. The molecule has 1 unspecified atom stereocenters. The maximum Gasteiger partial charge on any atom is 0.272 e. The summed E-state index contributed by atoms with van der Waals surface area (Å²) >= 11 is 12.3. The number of rotatable bonds is 4. The summed E-state index contributed by atoms with van der Waals surface area (Å²) in [6.45, 7) is 4.15. The molecule has 110 valence electrons. The average Bonchev–Trinajstić information content (AvgIpc) is 2.38. The number of halogens is 2. The lowest BCUT2D eigenvalue weighted by Gasteiger charge is -2.35. The largest absolute Gasteiger partial charge is 0.377 e. The molecule has 0 radical (unpaired) electrons. The Kier molecular flexibility index (Phi) is 5.07. The highest BCUT2D eigenvalue weighted by molar-refractivity contribution is 6.39. The maximum absolute atomic E-state index is 10.8. The van der Waals surface area contributed by atoms with Crippen molar-refractivity contribution in [2.45, 2.75) is 25.9 Å². The number of hydrogen-bond acceptors (Lipinski definition) is 4. The number of non-ortho nitro benzene ring substituents is 1. The number of ether oxygens (including phenoxy) is 1. The molecule has 0 spiro atoms. The Morgan fingerprint density at radius 1 is 1.45 bits per heavy atom. The van der Waals surface area contributed by atoms with Crippen molar-refractivity contribution in [1.29, 1.82) is 0 Å². The van der Waals surface area contributed by atoms with E-state index in [0.717, 1.165) is 19.4 Å². The highest BCUT2D eigenvalue weighted by Crippen LogP contribution is 2.38. The van der Waals surface area contributed by atoms with Gasteiger partial charge in [0.05, 0.1) is 26.8 Å². The highest BCUT2D eigenvalue weighted by Gasteiger charge is 2.25. The van der Waals surface area contributed by atoms with Crippen molar-refractivity contribution < 1.29 is 9.66 Å². The van der Waals surface area contributed by atoms with Crippen molar-refractivity contribution in [3.63, 3.8) is 0 Å². The van der Waals surface area contributed by atoms with Crippen LogP contribution in [-0.2, 0) is 4.74 Å². The Balaban J connectivity index is 2.26. The highest BCUT2D eigenvalue weighted by atomic mass is 35.5. The Hall–Kier alpha value is -1.04. The van der Waals surface area contributed by atoms with Crippen LogP contribution < -0.4 is 4.90 Å². The standard InChI is InChI=1S/C13H16Cl2N2O3/c1-2-20-10-4-3-5-16(8-10)13-11(14)6-9(17(18)19)7-12(13)15/h6-7,10H,2-5,8H2,1H3. The number of piperidine rings is 1. The number of hydrogen-bond donors (Lipinski definition) is 0. The third kappa shape index (κ3) is 3.34.